The summed E-state index contributed by atoms with van der Waals surface area (Å²) in [5, 5.41) is 2.26. The Kier molecular flexibility index (Phi) is 4.69. The van der Waals surface area contributed by atoms with Gasteiger partial charge in [-0.2, -0.15) is 0 Å². The fourth-order valence-electron chi connectivity index (χ4n) is 3.17. The third-order valence-electron chi connectivity index (χ3n) is 4.23. The Bertz CT molecular complexity index is 564. The van der Waals surface area contributed by atoms with Crippen LogP contribution in [-0.2, 0) is 6.54 Å². The van der Waals surface area contributed by atoms with E-state index < -0.39 is 0 Å². The fourth-order valence-corrected chi connectivity index (χ4v) is 3.63. The molecule has 1 aliphatic rings. The Hall–Kier alpha value is -0.930. The van der Waals surface area contributed by atoms with Crippen molar-refractivity contribution in [3.8, 4) is 0 Å². The second kappa shape index (κ2) is 6.68. The number of nitrogens with zero attached hydrogens (tertiary/aromatic N) is 2. The summed E-state index contributed by atoms with van der Waals surface area (Å²) in [6, 6.07) is 13.5. The Morgan fingerprint density at radius 2 is 1.90 bits per heavy atom. The normalized spacial score (nSPS) is 16.3. The maximum atomic E-state index is 4.81. The van der Waals surface area contributed by atoms with E-state index in [9.17, 15) is 0 Å². The van der Waals surface area contributed by atoms with Crippen molar-refractivity contribution in [2.75, 3.05) is 11.9 Å². The Labute approximate surface area is 129 Å². The van der Waals surface area contributed by atoms with Crippen LogP contribution in [0.2, 0.25) is 0 Å². The number of fused-ring (bicyclic) bond motifs is 1. The fraction of sp³-hybridized carbons (Fsp3) is 0.471. The maximum absolute atomic E-state index is 4.81. The van der Waals surface area contributed by atoms with Gasteiger partial charge in [0.05, 0.1) is 11.2 Å². The number of hydrogen-bond acceptors (Lipinski definition) is 2. The van der Waals surface area contributed by atoms with E-state index in [1.54, 1.807) is 0 Å². The lowest BCUT2D eigenvalue weighted by Gasteiger charge is -2.27. The van der Waals surface area contributed by atoms with Gasteiger partial charge in [-0.15, -0.1) is 0 Å². The van der Waals surface area contributed by atoms with Crippen LogP contribution in [0.4, 0.5) is 0 Å². The van der Waals surface area contributed by atoms with Crippen LogP contribution in [0.15, 0.2) is 36.4 Å². The molecule has 0 spiro atoms. The zero-order valence-corrected chi connectivity index (χ0v) is 13.3. The average Bonchev–Trinajstić information content (AvgIpc) is 3.01. The van der Waals surface area contributed by atoms with Crippen LogP contribution in [0, 0.1) is 0 Å². The molecule has 1 heterocycles. The zero-order chi connectivity index (χ0) is 13.8. The van der Waals surface area contributed by atoms with E-state index in [0.29, 0.717) is 0 Å². The van der Waals surface area contributed by atoms with Crippen molar-refractivity contribution in [2.45, 2.75) is 38.3 Å². The Morgan fingerprint density at radius 3 is 2.70 bits per heavy atom. The van der Waals surface area contributed by atoms with E-state index in [1.165, 1.54) is 36.8 Å². The van der Waals surface area contributed by atoms with Crippen LogP contribution in [0.25, 0.3) is 10.9 Å². The van der Waals surface area contributed by atoms with Gasteiger partial charge in [0.15, 0.2) is 0 Å². The number of alkyl halides is 1. The van der Waals surface area contributed by atoms with E-state index in [0.717, 1.165) is 30.0 Å². The number of rotatable bonds is 5. The van der Waals surface area contributed by atoms with E-state index in [2.05, 4.69) is 57.2 Å². The monoisotopic (exact) mass is 332 g/mol. The predicted octanol–water partition coefficient (Wildman–Crippen LogP) is 4.37. The maximum Gasteiger partial charge on any atom is 0.0705 e. The highest BCUT2D eigenvalue weighted by Crippen LogP contribution is 2.25. The van der Waals surface area contributed by atoms with Gasteiger partial charge in [0.25, 0.3) is 0 Å². The number of benzene rings is 1. The SMILES string of the molecule is BrCCN(Cc1ccc2ccccc2n1)C1CCCC1. The summed E-state index contributed by atoms with van der Waals surface area (Å²) in [6.45, 7) is 2.08. The van der Waals surface area contributed by atoms with Crippen molar-refractivity contribution < 1.29 is 0 Å². The molecule has 1 saturated carbocycles. The molecule has 3 heteroatoms. The second-order valence-corrected chi connectivity index (χ2v) is 6.39. The molecule has 0 amide bonds. The van der Waals surface area contributed by atoms with Gasteiger partial charge in [-0.3, -0.25) is 9.88 Å². The summed E-state index contributed by atoms with van der Waals surface area (Å²) in [7, 11) is 0. The first-order valence-corrected chi connectivity index (χ1v) is 8.63. The minimum atomic E-state index is 0.751. The lowest BCUT2D eigenvalue weighted by Crippen LogP contribution is -2.34. The molecule has 1 aromatic heterocycles. The average molecular weight is 333 g/mol. The highest BCUT2D eigenvalue weighted by atomic mass is 79.9. The molecule has 0 saturated heterocycles. The molecular formula is C17H21BrN2. The minimum absolute atomic E-state index is 0.751. The molecule has 106 valence electrons. The predicted molar refractivity (Wildman–Crippen MR) is 88.2 cm³/mol. The van der Waals surface area contributed by atoms with Gasteiger partial charge in [-0.1, -0.05) is 53.0 Å². The number of halogens is 1. The van der Waals surface area contributed by atoms with Crippen molar-refractivity contribution in [3.05, 3.63) is 42.1 Å². The summed E-state index contributed by atoms with van der Waals surface area (Å²) in [6.07, 6.45) is 5.46. The molecule has 3 rings (SSSR count). The van der Waals surface area contributed by atoms with Gasteiger partial charge in [-0.05, 0) is 25.0 Å². The van der Waals surface area contributed by atoms with E-state index in [-0.39, 0.29) is 0 Å². The third-order valence-corrected chi connectivity index (χ3v) is 4.59. The number of aromatic nitrogens is 1. The number of pyridine rings is 1. The standard InChI is InChI=1S/C17H21BrN2/c18-11-12-20(16-6-2-3-7-16)13-15-10-9-14-5-1-4-8-17(14)19-15/h1,4-5,8-10,16H,2-3,6-7,11-13H2. The largest absolute Gasteiger partial charge is 0.294 e. The van der Waals surface area contributed by atoms with Crippen LogP contribution >= 0.6 is 15.9 Å². The molecule has 1 aromatic carbocycles. The van der Waals surface area contributed by atoms with Gasteiger partial charge in [0.2, 0.25) is 0 Å². The number of para-hydroxylation sites is 1. The van der Waals surface area contributed by atoms with E-state index in [4.69, 9.17) is 4.98 Å². The van der Waals surface area contributed by atoms with Gasteiger partial charge < -0.3 is 0 Å². The summed E-state index contributed by atoms with van der Waals surface area (Å²) >= 11 is 3.59. The van der Waals surface area contributed by atoms with Crippen molar-refractivity contribution in [2.24, 2.45) is 0 Å². The number of hydrogen-bond donors (Lipinski definition) is 0. The van der Waals surface area contributed by atoms with Crippen LogP contribution < -0.4 is 0 Å². The first-order chi connectivity index (χ1) is 9.86. The highest BCUT2D eigenvalue weighted by Gasteiger charge is 2.22. The summed E-state index contributed by atoms with van der Waals surface area (Å²) in [5.41, 5.74) is 2.30. The molecule has 0 aliphatic heterocycles. The first kappa shape index (κ1) is 14.0. The van der Waals surface area contributed by atoms with Crippen LogP contribution in [0.1, 0.15) is 31.4 Å². The molecule has 0 bridgehead atoms. The van der Waals surface area contributed by atoms with Crippen LogP contribution in [-0.4, -0.2) is 27.8 Å². The zero-order valence-electron chi connectivity index (χ0n) is 11.8. The molecule has 1 aliphatic carbocycles. The van der Waals surface area contributed by atoms with Crippen molar-refractivity contribution in [1.82, 2.24) is 9.88 Å². The molecular weight excluding hydrogens is 312 g/mol. The van der Waals surface area contributed by atoms with Crippen molar-refractivity contribution in [1.29, 1.82) is 0 Å². The van der Waals surface area contributed by atoms with Gasteiger partial charge in [-0.25, -0.2) is 0 Å². The molecule has 2 aromatic rings. The first-order valence-electron chi connectivity index (χ1n) is 7.51. The second-order valence-electron chi connectivity index (χ2n) is 5.59. The van der Waals surface area contributed by atoms with Gasteiger partial charge in [0, 0.05) is 29.8 Å². The summed E-state index contributed by atoms with van der Waals surface area (Å²) in [5.74, 6) is 0. The smallest absolute Gasteiger partial charge is 0.0705 e. The highest BCUT2D eigenvalue weighted by molar-refractivity contribution is 9.09. The quantitative estimate of drug-likeness (QED) is 0.755. The van der Waals surface area contributed by atoms with Crippen molar-refractivity contribution in [3.63, 3.8) is 0 Å². The van der Waals surface area contributed by atoms with Gasteiger partial charge >= 0.3 is 0 Å². The lowest BCUT2D eigenvalue weighted by atomic mass is 10.1. The minimum Gasteiger partial charge on any atom is -0.294 e. The molecule has 0 radical (unpaired) electrons. The summed E-state index contributed by atoms with van der Waals surface area (Å²) in [4.78, 5) is 7.41. The van der Waals surface area contributed by atoms with Crippen molar-refractivity contribution >= 4 is 26.8 Å². The topological polar surface area (TPSA) is 16.1 Å². The molecule has 0 N–H and O–H groups in total. The summed E-state index contributed by atoms with van der Waals surface area (Å²) < 4.78 is 0. The molecule has 2 nitrogen and oxygen atoms in total. The molecule has 0 unspecified atom stereocenters. The van der Waals surface area contributed by atoms with E-state index in [1.807, 2.05) is 0 Å². The van der Waals surface area contributed by atoms with Crippen LogP contribution in [0.5, 0.6) is 0 Å². The van der Waals surface area contributed by atoms with E-state index >= 15 is 0 Å². The molecule has 1 fully saturated rings. The molecule has 0 atom stereocenters. The Balaban J connectivity index is 1.78. The third kappa shape index (κ3) is 3.21. The Morgan fingerprint density at radius 1 is 1.10 bits per heavy atom. The molecule has 20 heavy (non-hydrogen) atoms. The van der Waals surface area contributed by atoms with Crippen LogP contribution in [0.3, 0.4) is 0 Å². The van der Waals surface area contributed by atoms with Gasteiger partial charge in [0.1, 0.15) is 0 Å². The lowest BCUT2D eigenvalue weighted by molar-refractivity contribution is 0.200.